The molecule has 0 N–H and O–H groups in total. The van der Waals surface area contributed by atoms with Crippen molar-refractivity contribution in [3.8, 4) is 11.1 Å². The smallest absolute Gasteiger partial charge is 0.410 e. The maximum atomic E-state index is 12.6. The molecule has 5 heteroatoms. The largest absolute Gasteiger partial charge is 0.465 e. The van der Waals surface area contributed by atoms with Crippen LogP contribution in [0, 0.1) is 0 Å². The van der Waals surface area contributed by atoms with Crippen molar-refractivity contribution in [2.45, 2.75) is 32.7 Å². The molecular weight excluding hydrogens is 342 g/mol. The van der Waals surface area contributed by atoms with Crippen molar-refractivity contribution in [1.29, 1.82) is 0 Å². The van der Waals surface area contributed by atoms with Crippen LogP contribution in [-0.2, 0) is 14.3 Å². The maximum Gasteiger partial charge on any atom is 0.410 e. The van der Waals surface area contributed by atoms with Gasteiger partial charge in [-0.25, -0.2) is 4.79 Å². The van der Waals surface area contributed by atoms with Gasteiger partial charge in [-0.3, -0.25) is 9.69 Å². The van der Waals surface area contributed by atoms with Crippen LogP contribution in [0.1, 0.15) is 37.8 Å². The number of benzene rings is 2. The van der Waals surface area contributed by atoms with E-state index in [0.717, 1.165) is 11.1 Å². The Bertz CT molecular complexity index is 785. The molecule has 2 aromatic carbocycles. The summed E-state index contributed by atoms with van der Waals surface area (Å²) in [5.41, 5.74) is 4.68. The van der Waals surface area contributed by atoms with Crippen LogP contribution in [0.25, 0.3) is 11.1 Å². The third kappa shape index (κ3) is 3.97. The Balaban J connectivity index is 1.74. The summed E-state index contributed by atoms with van der Waals surface area (Å²) in [6.07, 6.45) is -0.500. The number of amides is 1. The summed E-state index contributed by atoms with van der Waals surface area (Å²) in [6, 6.07) is 16.2. The normalized spacial score (nSPS) is 12.4. The molecule has 5 nitrogen and oxygen atoms in total. The van der Waals surface area contributed by atoms with Gasteiger partial charge in [-0.2, -0.15) is 0 Å². The summed E-state index contributed by atoms with van der Waals surface area (Å²) in [7, 11) is 0. The number of hydrogen-bond donors (Lipinski definition) is 0. The highest BCUT2D eigenvalue weighted by molar-refractivity contribution is 5.80. The van der Waals surface area contributed by atoms with E-state index in [-0.39, 0.29) is 31.7 Å². The van der Waals surface area contributed by atoms with Gasteiger partial charge >= 0.3 is 12.1 Å². The number of rotatable bonds is 6. The van der Waals surface area contributed by atoms with E-state index in [1.54, 1.807) is 6.92 Å². The third-order valence-corrected chi connectivity index (χ3v) is 4.80. The number of hydrogen-bond acceptors (Lipinski definition) is 4. The van der Waals surface area contributed by atoms with Crippen LogP contribution in [0.4, 0.5) is 4.79 Å². The second kappa shape index (κ2) is 8.25. The summed E-state index contributed by atoms with van der Waals surface area (Å²) >= 11 is 0. The first-order valence-corrected chi connectivity index (χ1v) is 9.30. The molecule has 0 unspecified atom stereocenters. The minimum absolute atomic E-state index is 0.00189. The van der Waals surface area contributed by atoms with E-state index in [9.17, 15) is 9.59 Å². The Morgan fingerprint density at radius 1 is 0.963 bits per heavy atom. The highest BCUT2D eigenvalue weighted by Gasteiger charge is 2.30. The van der Waals surface area contributed by atoms with E-state index in [2.05, 4.69) is 24.3 Å². The molecule has 0 aromatic heterocycles. The summed E-state index contributed by atoms with van der Waals surface area (Å²) < 4.78 is 10.6. The third-order valence-electron chi connectivity index (χ3n) is 4.80. The van der Waals surface area contributed by atoms with Crippen LogP contribution in [-0.4, -0.2) is 42.8 Å². The van der Waals surface area contributed by atoms with E-state index >= 15 is 0 Å². The quantitative estimate of drug-likeness (QED) is 0.718. The van der Waals surface area contributed by atoms with Crippen molar-refractivity contribution in [3.63, 3.8) is 0 Å². The van der Waals surface area contributed by atoms with E-state index < -0.39 is 12.1 Å². The standard InChI is InChI=1S/C22H25NO4/c1-4-26-21(24)13-23(15(2)3)22(25)27-14-20-18-11-7-5-9-16(18)17-10-6-8-12-19(17)20/h5-12,15,20H,4,13-14H2,1-3H3. The van der Waals surface area contributed by atoms with Gasteiger partial charge in [0.15, 0.2) is 0 Å². The van der Waals surface area contributed by atoms with Gasteiger partial charge in [-0.15, -0.1) is 0 Å². The number of ether oxygens (including phenoxy) is 2. The summed E-state index contributed by atoms with van der Waals surface area (Å²) in [4.78, 5) is 25.8. The van der Waals surface area contributed by atoms with Crippen LogP contribution >= 0.6 is 0 Å². The molecule has 27 heavy (non-hydrogen) atoms. The van der Waals surface area contributed by atoms with Crippen molar-refractivity contribution in [1.82, 2.24) is 4.90 Å². The van der Waals surface area contributed by atoms with Crippen LogP contribution in [0.2, 0.25) is 0 Å². The van der Waals surface area contributed by atoms with Gasteiger partial charge in [-0.1, -0.05) is 48.5 Å². The maximum absolute atomic E-state index is 12.6. The molecule has 0 fully saturated rings. The van der Waals surface area contributed by atoms with Crippen molar-refractivity contribution in [3.05, 3.63) is 59.7 Å². The first-order chi connectivity index (χ1) is 13.0. The first-order valence-electron chi connectivity index (χ1n) is 9.30. The fraction of sp³-hybridized carbons (Fsp3) is 0.364. The molecule has 0 aliphatic heterocycles. The van der Waals surface area contributed by atoms with E-state index in [1.165, 1.54) is 16.0 Å². The van der Waals surface area contributed by atoms with Crippen molar-refractivity contribution >= 4 is 12.1 Å². The highest BCUT2D eigenvalue weighted by atomic mass is 16.6. The molecular formula is C22H25NO4. The Hall–Kier alpha value is -2.82. The zero-order chi connectivity index (χ0) is 19.4. The van der Waals surface area contributed by atoms with Gasteiger partial charge in [-0.05, 0) is 43.0 Å². The fourth-order valence-electron chi connectivity index (χ4n) is 3.48. The lowest BCUT2D eigenvalue weighted by Crippen LogP contribution is -2.42. The molecule has 3 rings (SSSR count). The zero-order valence-corrected chi connectivity index (χ0v) is 16.0. The van der Waals surface area contributed by atoms with E-state index in [1.807, 2.05) is 38.1 Å². The molecule has 0 spiro atoms. The molecule has 0 bridgehead atoms. The topological polar surface area (TPSA) is 55.8 Å². The van der Waals surface area contributed by atoms with Crippen LogP contribution in [0.5, 0.6) is 0 Å². The molecule has 1 aliphatic rings. The SMILES string of the molecule is CCOC(=O)CN(C(=O)OCC1c2ccccc2-c2ccccc21)C(C)C. The minimum Gasteiger partial charge on any atom is -0.465 e. The molecule has 0 atom stereocenters. The Labute approximate surface area is 159 Å². The number of carbonyl (C=O) groups excluding carboxylic acids is 2. The van der Waals surface area contributed by atoms with Gasteiger partial charge in [0.25, 0.3) is 0 Å². The molecule has 0 heterocycles. The summed E-state index contributed by atoms with van der Waals surface area (Å²) in [5.74, 6) is -0.433. The van der Waals surface area contributed by atoms with Gasteiger partial charge in [0.05, 0.1) is 6.61 Å². The fourth-order valence-corrected chi connectivity index (χ4v) is 3.48. The lowest BCUT2D eigenvalue weighted by Gasteiger charge is -2.26. The first kappa shape index (κ1) is 19.0. The minimum atomic E-state index is -0.500. The Kier molecular flexibility index (Phi) is 5.79. The van der Waals surface area contributed by atoms with Crippen LogP contribution in [0.15, 0.2) is 48.5 Å². The molecule has 1 amide bonds. The van der Waals surface area contributed by atoms with E-state index in [4.69, 9.17) is 9.47 Å². The second-order valence-corrected chi connectivity index (χ2v) is 6.83. The monoisotopic (exact) mass is 367 g/mol. The average molecular weight is 367 g/mol. The van der Waals surface area contributed by atoms with Crippen molar-refractivity contribution in [2.75, 3.05) is 19.8 Å². The number of esters is 1. The lowest BCUT2D eigenvalue weighted by molar-refractivity contribution is -0.144. The molecule has 0 radical (unpaired) electrons. The number of carbonyl (C=O) groups is 2. The number of fused-ring (bicyclic) bond motifs is 3. The van der Waals surface area contributed by atoms with Gasteiger partial charge < -0.3 is 9.47 Å². The Morgan fingerprint density at radius 2 is 1.52 bits per heavy atom. The Morgan fingerprint density at radius 3 is 2.04 bits per heavy atom. The molecule has 1 aliphatic carbocycles. The van der Waals surface area contributed by atoms with Crippen LogP contribution < -0.4 is 0 Å². The average Bonchev–Trinajstić information content (AvgIpc) is 2.98. The summed E-state index contributed by atoms with van der Waals surface area (Å²) in [6.45, 7) is 5.85. The van der Waals surface area contributed by atoms with Crippen LogP contribution in [0.3, 0.4) is 0 Å². The van der Waals surface area contributed by atoms with Crippen molar-refractivity contribution in [2.24, 2.45) is 0 Å². The van der Waals surface area contributed by atoms with Crippen molar-refractivity contribution < 1.29 is 19.1 Å². The van der Waals surface area contributed by atoms with E-state index in [0.29, 0.717) is 0 Å². The predicted molar refractivity (Wildman–Crippen MR) is 104 cm³/mol. The van der Waals surface area contributed by atoms with Gasteiger partial charge in [0, 0.05) is 12.0 Å². The molecule has 142 valence electrons. The second-order valence-electron chi connectivity index (χ2n) is 6.83. The highest BCUT2D eigenvalue weighted by Crippen LogP contribution is 2.44. The van der Waals surface area contributed by atoms with Gasteiger partial charge in [0.2, 0.25) is 0 Å². The molecule has 2 aromatic rings. The lowest BCUT2D eigenvalue weighted by atomic mass is 9.98. The molecule has 0 saturated heterocycles. The molecule has 0 saturated carbocycles. The predicted octanol–water partition coefficient (Wildman–Crippen LogP) is 4.21. The zero-order valence-electron chi connectivity index (χ0n) is 16.0. The summed E-state index contributed by atoms with van der Waals surface area (Å²) in [5, 5.41) is 0. The van der Waals surface area contributed by atoms with Gasteiger partial charge in [0.1, 0.15) is 13.2 Å². The number of nitrogens with zero attached hydrogens (tertiary/aromatic N) is 1.